The standard InChI is InChI=1S/C19H29BrO2/c1-18-8-3-2-5-12(18)11-15(20)16-13(18)7-10-19(17(21)22)9-4-6-14(16)19/h4,9,12-17,21-22H,2-3,5-8,10-11H2,1H3/t12?,13-,14-,15?,16+,18-,19+/m0/s1. The van der Waals surface area contributed by atoms with Crippen molar-refractivity contribution < 1.29 is 10.2 Å². The molecular weight excluding hydrogens is 340 g/mol. The minimum Gasteiger partial charge on any atom is -0.367 e. The quantitative estimate of drug-likeness (QED) is 0.412. The Labute approximate surface area is 142 Å². The monoisotopic (exact) mass is 368 g/mol. The van der Waals surface area contributed by atoms with E-state index in [-0.39, 0.29) is 5.41 Å². The van der Waals surface area contributed by atoms with Gasteiger partial charge in [-0.25, -0.2) is 0 Å². The van der Waals surface area contributed by atoms with Crippen LogP contribution in [0.5, 0.6) is 0 Å². The molecular formula is C19H29BrO2. The molecule has 0 heterocycles. The number of hydrogen-bond donors (Lipinski definition) is 2. The fourth-order valence-electron chi connectivity index (χ4n) is 6.85. The number of halogens is 1. The number of alkyl halides is 1. The van der Waals surface area contributed by atoms with E-state index in [0.29, 0.717) is 22.1 Å². The molecule has 0 aromatic carbocycles. The Hall–Kier alpha value is 0.140. The number of hydrogen-bond acceptors (Lipinski definition) is 2. The van der Waals surface area contributed by atoms with Gasteiger partial charge in [-0.15, -0.1) is 0 Å². The van der Waals surface area contributed by atoms with E-state index < -0.39 is 6.29 Å². The van der Waals surface area contributed by atoms with Crippen LogP contribution >= 0.6 is 15.9 Å². The number of allylic oxidation sites excluding steroid dienone is 1. The largest absolute Gasteiger partial charge is 0.367 e. The maximum Gasteiger partial charge on any atom is 0.160 e. The Morgan fingerprint density at radius 2 is 1.95 bits per heavy atom. The van der Waals surface area contributed by atoms with Crippen molar-refractivity contribution >= 4 is 15.9 Å². The summed E-state index contributed by atoms with van der Waals surface area (Å²) in [6, 6.07) is 0. The van der Waals surface area contributed by atoms with Crippen LogP contribution in [0.25, 0.3) is 0 Å². The molecule has 3 heteroatoms. The zero-order valence-corrected chi connectivity index (χ0v) is 15.1. The van der Waals surface area contributed by atoms with Crippen molar-refractivity contribution in [2.24, 2.45) is 34.5 Å². The second-order valence-electron chi connectivity index (χ2n) is 8.65. The lowest BCUT2D eigenvalue weighted by Gasteiger charge is -2.62. The third kappa shape index (κ3) is 1.97. The van der Waals surface area contributed by atoms with E-state index in [0.717, 1.165) is 31.1 Å². The predicted octanol–water partition coefficient (Wildman–Crippen LogP) is 4.25. The van der Waals surface area contributed by atoms with Crippen LogP contribution in [0.2, 0.25) is 0 Å². The lowest BCUT2D eigenvalue weighted by molar-refractivity contribution is -0.183. The van der Waals surface area contributed by atoms with E-state index in [1.54, 1.807) is 0 Å². The average molecular weight is 369 g/mol. The molecule has 4 aliphatic carbocycles. The molecule has 0 bridgehead atoms. The number of fused-ring (bicyclic) bond motifs is 5. The van der Waals surface area contributed by atoms with Gasteiger partial charge >= 0.3 is 0 Å². The van der Waals surface area contributed by atoms with Crippen molar-refractivity contribution in [2.75, 3.05) is 0 Å². The molecule has 2 unspecified atom stereocenters. The first-order valence-corrected chi connectivity index (χ1v) is 10.1. The molecule has 2 nitrogen and oxygen atoms in total. The summed E-state index contributed by atoms with van der Waals surface area (Å²) in [7, 11) is 0. The van der Waals surface area contributed by atoms with Gasteiger partial charge in [0.25, 0.3) is 0 Å². The molecule has 124 valence electrons. The minimum atomic E-state index is -1.20. The lowest BCUT2D eigenvalue weighted by atomic mass is 9.45. The fraction of sp³-hybridized carbons (Fsp3) is 0.895. The Kier molecular flexibility index (Phi) is 3.79. The van der Waals surface area contributed by atoms with Crippen molar-refractivity contribution in [1.82, 2.24) is 0 Å². The smallest absolute Gasteiger partial charge is 0.160 e. The van der Waals surface area contributed by atoms with E-state index in [4.69, 9.17) is 0 Å². The van der Waals surface area contributed by atoms with Gasteiger partial charge in [-0.3, -0.25) is 0 Å². The summed E-state index contributed by atoms with van der Waals surface area (Å²) >= 11 is 4.03. The maximum atomic E-state index is 10.1. The zero-order valence-electron chi connectivity index (χ0n) is 13.5. The Morgan fingerprint density at radius 3 is 2.73 bits per heavy atom. The third-order valence-corrected chi connectivity index (χ3v) is 9.02. The molecule has 0 aliphatic heterocycles. The minimum absolute atomic E-state index is 0.370. The summed E-state index contributed by atoms with van der Waals surface area (Å²) in [6.07, 6.45) is 13.2. The zero-order chi connectivity index (χ0) is 15.5. The van der Waals surface area contributed by atoms with Gasteiger partial charge in [-0.1, -0.05) is 47.8 Å². The molecule has 0 spiro atoms. The number of aliphatic hydroxyl groups excluding tert-OH is 1. The summed E-state index contributed by atoms with van der Waals surface area (Å²) in [5.74, 6) is 2.64. The van der Waals surface area contributed by atoms with Crippen LogP contribution in [-0.2, 0) is 0 Å². The van der Waals surface area contributed by atoms with E-state index >= 15 is 0 Å². The second kappa shape index (κ2) is 5.32. The van der Waals surface area contributed by atoms with Crippen LogP contribution in [0.1, 0.15) is 58.3 Å². The van der Waals surface area contributed by atoms with Gasteiger partial charge in [-0.2, -0.15) is 0 Å². The lowest BCUT2D eigenvalue weighted by Crippen LogP contribution is -2.58. The van der Waals surface area contributed by atoms with Crippen LogP contribution in [0.15, 0.2) is 12.2 Å². The first-order valence-electron chi connectivity index (χ1n) is 9.17. The van der Waals surface area contributed by atoms with Crippen molar-refractivity contribution in [3.8, 4) is 0 Å². The second-order valence-corrected chi connectivity index (χ2v) is 9.83. The molecule has 3 fully saturated rings. The summed E-state index contributed by atoms with van der Waals surface area (Å²) in [4.78, 5) is 0.553. The highest BCUT2D eigenvalue weighted by Gasteiger charge is 2.61. The SMILES string of the molecule is C[C@]12CCCCC1CC(Br)[C@@H]1[C@@H]2CC[C@]2(C(O)O)C=CC[C@@H]12. The van der Waals surface area contributed by atoms with Gasteiger partial charge in [0.05, 0.1) is 0 Å². The van der Waals surface area contributed by atoms with Crippen LogP contribution < -0.4 is 0 Å². The maximum absolute atomic E-state index is 10.1. The van der Waals surface area contributed by atoms with Crippen molar-refractivity contribution in [1.29, 1.82) is 0 Å². The molecule has 4 aliphatic rings. The van der Waals surface area contributed by atoms with E-state index in [1.807, 2.05) is 0 Å². The van der Waals surface area contributed by atoms with Crippen molar-refractivity contribution in [3.63, 3.8) is 0 Å². The summed E-state index contributed by atoms with van der Waals surface area (Å²) < 4.78 is 0. The van der Waals surface area contributed by atoms with Gasteiger partial charge in [0.1, 0.15) is 0 Å². The van der Waals surface area contributed by atoms with Crippen LogP contribution in [0, 0.1) is 34.5 Å². The molecule has 22 heavy (non-hydrogen) atoms. The Bertz CT molecular complexity index is 476. The molecule has 2 N–H and O–H groups in total. The molecule has 0 amide bonds. The van der Waals surface area contributed by atoms with Gasteiger partial charge in [-0.05, 0) is 67.6 Å². The van der Waals surface area contributed by atoms with E-state index in [1.165, 1.54) is 32.1 Å². The van der Waals surface area contributed by atoms with Crippen LogP contribution in [0.3, 0.4) is 0 Å². The first kappa shape index (κ1) is 15.7. The van der Waals surface area contributed by atoms with E-state index in [2.05, 4.69) is 35.0 Å². The summed E-state index contributed by atoms with van der Waals surface area (Å²) in [6.45, 7) is 2.55. The van der Waals surface area contributed by atoms with Crippen LogP contribution in [-0.4, -0.2) is 21.3 Å². The molecule has 0 radical (unpaired) electrons. The van der Waals surface area contributed by atoms with Gasteiger partial charge in [0, 0.05) is 10.2 Å². The predicted molar refractivity (Wildman–Crippen MR) is 91.5 cm³/mol. The Morgan fingerprint density at radius 1 is 1.14 bits per heavy atom. The van der Waals surface area contributed by atoms with Crippen LogP contribution in [0.4, 0.5) is 0 Å². The average Bonchev–Trinajstić information content (AvgIpc) is 2.93. The first-order chi connectivity index (χ1) is 10.5. The molecule has 3 saturated carbocycles. The van der Waals surface area contributed by atoms with Crippen molar-refractivity contribution in [3.05, 3.63) is 12.2 Å². The Balaban J connectivity index is 1.70. The molecule has 0 aromatic rings. The van der Waals surface area contributed by atoms with Gasteiger partial charge < -0.3 is 10.2 Å². The highest BCUT2D eigenvalue weighted by atomic mass is 79.9. The molecule has 0 aromatic heterocycles. The fourth-order valence-corrected chi connectivity index (χ4v) is 8.04. The normalized spacial score (nSPS) is 54.0. The summed E-state index contributed by atoms with van der Waals surface area (Å²) in [5, 5.41) is 20.2. The van der Waals surface area contributed by atoms with E-state index in [9.17, 15) is 10.2 Å². The number of aliphatic hydroxyl groups is 2. The highest BCUT2D eigenvalue weighted by molar-refractivity contribution is 9.09. The highest BCUT2D eigenvalue weighted by Crippen LogP contribution is 2.66. The topological polar surface area (TPSA) is 40.5 Å². The summed E-state index contributed by atoms with van der Waals surface area (Å²) in [5.41, 5.74) is 0.118. The third-order valence-electron chi connectivity index (χ3n) is 8.03. The molecule has 4 rings (SSSR count). The molecule has 7 atom stereocenters. The number of rotatable bonds is 1. The van der Waals surface area contributed by atoms with Gasteiger partial charge in [0.2, 0.25) is 0 Å². The van der Waals surface area contributed by atoms with Crippen molar-refractivity contribution in [2.45, 2.75) is 69.4 Å². The molecule has 0 saturated heterocycles. The van der Waals surface area contributed by atoms with Gasteiger partial charge in [0.15, 0.2) is 6.29 Å².